The van der Waals surface area contributed by atoms with E-state index >= 15 is 0 Å². The molecule has 5 aromatic rings. The highest BCUT2D eigenvalue weighted by Crippen LogP contribution is 2.35. The van der Waals surface area contributed by atoms with Gasteiger partial charge in [-0.15, -0.1) is 5.10 Å². The van der Waals surface area contributed by atoms with Crippen LogP contribution in [0.15, 0.2) is 109 Å². The van der Waals surface area contributed by atoms with Crippen molar-refractivity contribution in [1.82, 2.24) is 10.2 Å². The topological polar surface area (TPSA) is 82.3 Å². The van der Waals surface area contributed by atoms with Gasteiger partial charge in [0.15, 0.2) is 5.82 Å². The molecule has 6 nitrogen and oxygen atoms in total. The lowest BCUT2D eigenvalue weighted by Gasteiger charge is -2.26. The maximum absolute atomic E-state index is 6.07. The van der Waals surface area contributed by atoms with Gasteiger partial charge in [-0.25, -0.2) is 0 Å². The molecule has 0 radical (unpaired) electrons. The van der Waals surface area contributed by atoms with Crippen LogP contribution in [0.5, 0.6) is 23.0 Å². The van der Waals surface area contributed by atoms with Crippen LogP contribution < -0.4 is 20.5 Å². The Balaban J connectivity index is 1.21. The lowest BCUT2D eigenvalue weighted by molar-refractivity contribution is 0.481. The number of anilines is 3. The molecule has 1 aromatic heterocycles. The first-order chi connectivity index (χ1) is 18.3. The minimum atomic E-state index is -0.190. The third-order valence-electron chi connectivity index (χ3n) is 6.43. The molecule has 0 aliphatic carbocycles. The number of ether oxygens (including phenoxy) is 2. The molecule has 3 N–H and O–H groups in total. The first kappa shape index (κ1) is 24.8. The summed E-state index contributed by atoms with van der Waals surface area (Å²) in [5, 5.41) is 11.4. The van der Waals surface area contributed by atoms with Crippen LogP contribution in [-0.4, -0.2) is 10.2 Å². The molecule has 1 heterocycles. The molecule has 0 aliphatic rings. The number of nitrogens with two attached hydrogens (primary N) is 1. The summed E-state index contributed by atoms with van der Waals surface area (Å²) in [6.07, 6.45) is 0. The summed E-state index contributed by atoms with van der Waals surface area (Å²) >= 11 is 0. The third-order valence-corrected chi connectivity index (χ3v) is 6.43. The van der Waals surface area contributed by atoms with Crippen molar-refractivity contribution in [1.29, 1.82) is 0 Å². The Morgan fingerprint density at radius 3 is 1.47 bits per heavy atom. The van der Waals surface area contributed by atoms with Crippen LogP contribution in [0, 0.1) is 6.92 Å². The van der Waals surface area contributed by atoms with Crippen LogP contribution in [0.4, 0.5) is 17.2 Å². The zero-order chi connectivity index (χ0) is 26.5. The summed E-state index contributed by atoms with van der Waals surface area (Å²) in [7, 11) is 0. The van der Waals surface area contributed by atoms with Crippen molar-refractivity contribution >= 4 is 17.2 Å². The molecule has 38 heavy (non-hydrogen) atoms. The highest BCUT2D eigenvalue weighted by molar-refractivity contribution is 5.57. The van der Waals surface area contributed by atoms with Crippen molar-refractivity contribution in [3.05, 3.63) is 126 Å². The lowest BCUT2D eigenvalue weighted by Crippen LogP contribution is -2.18. The van der Waals surface area contributed by atoms with E-state index in [0.29, 0.717) is 11.5 Å². The van der Waals surface area contributed by atoms with E-state index < -0.39 is 0 Å². The van der Waals surface area contributed by atoms with Gasteiger partial charge in [-0.05, 0) is 103 Å². The molecular weight excluding hydrogens is 472 g/mol. The minimum Gasteiger partial charge on any atom is -0.457 e. The van der Waals surface area contributed by atoms with Crippen LogP contribution in [-0.2, 0) is 5.41 Å². The minimum absolute atomic E-state index is 0.190. The third kappa shape index (κ3) is 5.93. The molecule has 0 spiro atoms. The predicted octanol–water partition coefficient (Wildman–Crippen LogP) is 8.02. The van der Waals surface area contributed by atoms with E-state index in [9.17, 15) is 0 Å². The van der Waals surface area contributed by atoms with Crippen molar-refractivity contribution in [2.24, 2.45) is 0 Å². The predicted molar refractivity (Wildman–Crippen MR) is 153 cm³/mol. The Hall–Kier alpha value is -4.84. The van der Waals surface area contributed by atoms with Gasteiger partial charge in [0.2, 0.25) is 0 Å². The number of hydrogen-bond acceptors (Lipinski definition) is 6. The molecule has 0 amide bonds. The molecule has 4 aromatic carbocycles. The van der Waals surface area contributed by atoms with E-state index in [1.165, 1.54) is 11.1 Å². The molecule has 0 saturated carbocycles. The number of aromatic nitrogens is 2. The summed E-state index contributed by atoms with van der Waals surface area (Å²) in [5.41, 5.74) is 10.5. The fourth-order valence-corrected chi connectivity index (χ4v) is 4.07. The van der Waals surface area contributed by atoms with E-state index in [1.807, 2.05) is 91.9 Å². The number of rotatable bonds is 8. The standard InChI is InChI=1S/C32H30N4O2/c1-22-4-21-31(36-35-22)34-26-11-19-30(20-12-26)38-28-15-7-24(8-16-28)32(2,3)23-5-13-27(14-6-23)37-29-17-9-25(33)10-18-29/h4-21H,33H2,1-3H3,(H,34,36). The van der Waals surface area contributed by atoms with Gasteiger partial charge in [-0.3, -0.25) is 0 Å². The zero-order valence-corrected chi connectivity index (χ0v) is 21.7. The lowest BCUT2D eigenvalue weighted by atomic mass is 9.78. The molecule has 0 atom stereocenters. The van der Waals surface area contributed by atoms with Crippen LogP contribution in [0.25, 0.3) is 0 Å². The second-order valence-corrected chi connectivity index (χ2v) is 9.66. The summed E-state index contributed by atoms with van der Waals surface area (Å²) in [6, 6.07) is 35.4. The van der Waals surface area contributed by atoms with Crippen molar-refractivity contribution < 1.29 is 9.47 Å². The maximum atomic E-state index is 6.07. The fraction of sp³-hybridized carbons (Fsp3) is 0.125. The van der Waals surface area contributed by atoms with E-state index in [-0.39, 0.29) is 5.41 Å². The summed E-state index contributed by atoms with van der Waals surface area (Å²) < 4.78 is 12.0. The molecule has 6 heteroatoms. The fourth-order valence-electron chi connectivity index (χ4n) is 4.07. The Labute approximate surface area is 223 Å². The Bertz CT molecular complexity index is 1480. The van der Waals surface area contributed by atoms with Crippen LogP contribution in [0.3, 0.4) is 0 Å². The first-order valence-corrected chi connectivity index (χ1v) is 12.4. The van der Waals surface area contributed by atoms with E-state index in [1.54, 1.807) is 0 Å². The number of nitrogens with zero attached hydrogens (tertiary/aromatic N) is 2. The molecule has 0 bridgehead atoms. The van der Waals surface area contributed by atoms with E-state index in [0.717, 1.165) is 34.4 Å². The van der Waals surface area contributed by atoms with Crippen molar-refractivity contribution in [2.75, 3.05) is 11.1 Å². The number of nitrogens with one attached hydrogen (secondary N) is 1. The first-order valence-electron chi connectivity index (χ1n) is 12.4. The summed E-state index contributed by atoms with van der Waals surface area (Å²) in [5.74, 6) is 3.78. The van der Waals surface area contributed by atoms with Crippen molar-refractivity contribution in [3.63, 3.8) is 0 Å². The molecule has 0 fully saturated rings. The van der Waals surface area contributed by atoms with Gasteiger partial charge in [0.25, 0.3) is 0 Å². The molecule has 5 rings (SSSR count). The number of nitrogen functional groups attached to an aromatic ring is 1. The van der Waals surface area contributed by atoms with Crippen molar-refractivity contribution in [2.45, 2.75) is 26.2 Å². The maximum Gasteiger partial charge on any atom is 0.153 e. The normalized spacial score (nSPS) is 11.1. The SMILES string of the molecule is Cc1ccc(Nc2ccc(Oc3ccc(C(C)(C)c4ccc(Oc5ccc(N)cc5)cc4)cc3)cc2)nn1. The molecule has 190 valence electrons. The molecule has 0 saturated heterocycles. The van der Waals surface area contributed by atoms with Gasteiger partial charge < -0.3 is 20.5 Å². The summed E-state index contributed by atoms with van der Waals surface area (Å²) in [6.45, 7) is 6.33. The van der Waals surface area contributed by atoms with Crippen LogP contribution in [0.1, 0.15) is 30.7 Å². The van der Waals surface area contributed by atoms with Crippen LogP contribution >= 0.6 is 0 Å². The van der Waals surface area contributed by atoms with Gasteiger partial charge in [-0.1, -0.05) is 38.1 Å². The molecular formula is C32H30N4O2. The van der Waals surface area contributed by atoms with Gasteiger partial charge in [0.1, 0.15) is 23.0 Å². The number of benzene rings is 4. The van der Waals surface area contributed by atoms with Crippen molar-refractivity contribution in [3.8, 4) is 23.0 Å². The second kappa shape index (κ2) is 10.6. The Kier molecular flexibility index (Phi) is 6.96. The second-order valence-electron chi connectivity index (χ2n) is 9.66. The van der Waals surface area contributed by atoms with Gasteiger partial charge in [0, 0.05) is 16.8 Å². The van der Waals surface area contributed by atoms with E-state index in [2.05, 4.69) is 53.6 Å². The quantitative estimate of drug-likeness (QED) is 0.209. The average Bonchev–Trinajstić information content (AvgIpc) is 2.93. The summed E-state index contributed by atoms with van der Waals surface area (Å²) in [4.78, 5) is 0. The Morgan fingerprint density at radius 2 is 1.03 bits per heavy atom. The van der Waals surface area contributed by atoms with Gasteiger partial charge in [-0.2, -0.15) is 5.10 Å². The molecule has 0 unspecified atom stereocenters. The zero-order valence-electron chi connectivity index (χ0n) is 21.7. The Morgan fingerprint density at radius 1 is 0.579 bits per heavy atom. The highest BCUT2D eigenvalue weighted by Gasteiger charge is 2.23. The van der Waals surface area contributed by atoms with Gasteiger partial charge in [0.05, 0.1) is 5.69 Å². The number of hydrogen-bond donors (Lipinski definition) is 2. The monoisotopic (exact) mass is 502 g/mol. The average molecular weight is 503 g/mol. The van der Waals surface area contributed by atoms with Crippen LogP contribution in [0.2, 0.25) is 0 Å². The smallest absolute Gasteiger partial charge is 0.153 e. The van der Waals surface area contributed by atoms with E-state index in [4.69, 9.17) is 15.2 Å². The number of aryl methyl sites for hydroxylation is 1. The highest BCUT2D eigenvalue weighted by atomic mass is 16.5. The molecule has 0 aliphatic heterocycles. The largest absolute Gasteiger partial charge is 0.457 e. The van der Waals surface area contributed by atoms with Gasteiger partial charge >= 0.3 is 0 Å².